The number of anilines is 1. The first kappa shape index (κ1) is 18.7. The van der Waals surface area contributed by atoms with Crippen molar-refractivity contribution < 1.29 is 4.79 Å². The van der Waals surface area contributed by atoms with Crippen molar-refractivity contribution in [2.24, 2.45) is 0 Å². The second-order valence-corrected chi connectivity index (χ2v) is 8.34. The van der Waals surface area contributed by atoms with Crippen LogP contribution in [0, 0.1) is 11.3 Å². The number of H-pyrrole nitrogens is 1. The highest BCUT2D eigenvalue weighted by Crippen LogP contribution is 2.30. The quantitative estimate of drug-likeness (QED) is 0.701. The summed E-state index contributed by atoms with van der Waals surface area (Å²) in [7, 11) is 0. The smallest absolute Gasteiger partial charge is 0.253 e. The summed E-state index contributed by atoms with van der Waals surface area (Å²) in [6.45, 7) is 3.20. The van der Waals surface area contributed by atoms with Gasteiger partial charge in [0.25, 0.3) is 5.91 Å². The fourth-order valence-corrected chi connectivity index (χ4v) is 4.85. The molecule has 0 bridgehead atoms. The molecule has 0 atom stereocenters. The Morgan fingerprint density at radius 1 is 0.933 bits per heavy atom. The number of nitriles is 1. The van der Waals surface area contributed by atoms with E-state index in [-0.39, 0.29) is 5.91 Å². The highest BCUT2D eigenvalue weighted by molar-refractivity contribution is 5.99. The third-order valence-electron chi connectivity index (χ3n) is 6.49. The van der Waals surface area contributed by atoms with E-state index in [1.807, 2.05) is 35.2 Å². The predicted octanol–water partition coefficient (Wildman–Crippen LogP) is 4.27. The van der Waals surface area contributed by atoms with Crippen LogP contribution in [0.3, 0.4) is 0 Å². The van der Waals surface area contributed by atoms with E-state index in [9.17, 15) is 4.79 Å². The maximum Gasteiger partial charge on any atom is 0.253 e. The number of fused-ring (bicyclic) bond motifs is 3. The first-order valence-electron chi connectivity index (χ1n) is 10.9. The van der Waals surface area contributed by atoms with Crippen molar-refractivity contribution in [3.8, 4) is 6.07 Å². The van der Waals surface area contributed by atoms with Gasteiger partial charge in [-0.3, -0.25) is 4.79 Å². The summed E-state index contributed by atoms with van der Waals surface area (Å²) < 4.78 is 0. The molecule has 2 aromatic carbocycles. The van der Waals surface area contributed by atoms with E-state index in [1.165, 1.54) is 29.5 Å². The highest BCUT2D eigenvalue weighted by Gasteiger charge is 2.22. The Labute approximate surface area is 176 Å². The molecular formula is C25H26N4O. The number of amides is 1. The molecule has 5 heteroatoms. The van der Waals surface area contributed by atoms with Gasteiger partial charge in [0.15, 0.2) is 0 Å². The number of nitrogens with zero attached hydrogens (tertiary/aromatic N) is 3. The third-order valence-corrected chi connectivity index (χ3v) is 6.49. The van der Waals surface area contributed by atoms with Crippen LogP contribution in [0.5, 0.6) is 0 Å². The minimum atomic E-state index is 0.129. The standard InChI is InChI=1S/C25H26N4O/c26-17-18-6-9-20(10-7-18)28-12-3-13-29(15-14-28)25(30)19-8-11-24-22(16-19)21-4-1-2-5-23(21)27-24/h6-11,16,27H,1-5,12-15H2. The van der Waals surface area contributed by atoms with Crippen LogP contribution in [0.15, 0.2) is 42.5 Å². The summed E-state index contributed by atoms with van der Waals surface area (Å²) in [6, 6.07) is 16.0. The maximum absolute atomic E-state index is 13.3. The van der Waals surface area contributed by atoms with Gasteiger partial charge in [-0.15, -0.1) is 0 Å². The summed E-state index contributed by atoms with van der Waals surface area (Å²) in [5.74, 6) is 0.129. The van der Waals surface area contributed by atoms with Gasteiger partial charge in [-0.2, -0.15) is 5.26 Å². The van der Waals surface area contributed by atoms with Gasteiger partial charge in [0.05, 0.1) is 11.6 Å². The molecule has 1 saturated heterocycles. The van der Waals surface area contributed by atoms with Crippen LogP contribution in [0.1, 0.15) is 46.4 Å². The highest BCUT2D eigenvalue weighted by atomic mass is 16.2. The Morgan fingerprint density at radius 2 is 1.77 bits per heavy atom. The van der Waals surface area contributed by atoms with Crippen molar-refractivity contribution in [1.29, 1.82) is 5.26 Å². The zero-order chi connectivity index (χ0) is 20.5. The fraction of sp³-hybridized carbons (Fsp3) is 0.360. The molecule has 0 saturated carbocycles. The van der Waals surface area contributed by atoms with Crippen molar-refractivity contribution in [3.63, 3.8) is 0 Å². The Bertz CT molecular complexity index is 1120. The Kier molecular flexibility index (Phi) is 4.92. The third kappa shape index (κ3) is 3.43. The Balaban J connectivity index is 1.33. The lowest BCUT2D eigenvalue weighted by Gasteiger charge is -2.24. The number of benzene rings is 2. The van der Waals surface area contributed by atoms with E-state index in [4.69, 9.17) is 5.26 Å². The van der Waals surface area contributed by atoms with Crippen molar-refractivity contribution in [1.82, 2.24) is 9.88 Å². The zero-order valence-corrected chi connectivity index (χ0v) is 17.2. The number of carbonyl (C=O) groups is 1. The minimum Gasteiger partial charge on any atom is -0.370 e. The van der Waals surface area contributed by atoms with Crippen LogP contribution < -0.4 is 4.90 Å². The molecule has 1 aliphatic carbocycles. The van der Waals surface area contributed by atoms with Gasteiger partial charge < -0.3 is 14.8 Å². The lowest BCUT2D eigenvalue weighted by Crippen LogP contribution is -2.35. The van der Waals surface area contributed by atoms with E-state index in [1.54, 1.807) is 0 Å². The van der Waals surface area contributed by atoms with E-state index in [2.05, 4.69) is 28.1 Å². The second kappa shape index (κ2) is 7.87. The van der Waals surface area contributed by atoms with Crippen molar-refractivity contribution in [3.05, 3.63) is 64.8 Å². The molecular weight excluding hydrogens is 372 g/mol. The fourth-order valence-electron chi connectivity index (χ4n) is 4.85. The Morgan fingerprint density at radius 3 is 2.60 bits per heavy atom. The molecule has 152 valence electrons. The molecule has 1 fully saturated rings. The zero-order valence-electron chi connectivity index (χ0n) is 17.2. The first-order chi connectivity index (χ1) is 14.7. The molecule has 30 heavy (non-hydrogen) atoms. The molecule has 1 N–H and O–H groups in total. The molecule has 1 amide bonds. The van der Waals surface area contributed by atoms with Gasteiger partial charge >= 0.3 is 0 Å². The monoisotopic (exact) mass is 398 g/mol. The number of hydrogen-bond donors (Lipinski definition) is 1. The average molecular weight is 399 g/mol. The Hall–Kier alpha value is -3.26. The number of aromatic nitrogens is 1. The van der Waals surface area contributed by atoms with Crippen LogP contribution in [0.4, 0.5) is 5.69 Å². The van der Waals surface area contributed by atoms with Crippen molar-refractivity contribution in [2.75, 3.05) is 31.1 Å². The average Bonchev–Trinajstić information content (AvgIpc) is 2.99. The van der Waals surface area contributed by atoms with E-state index >= 15 is 0 Å². The number of aryl methyl sites for hydroxylation is 2. The van der Waals surface area contributed by atoms with Crippen LogP contribution in [-0.2, 0) is 12.8 Å². The number of aromatic amines is 1. The minimum absolute atomic E-state index is 0.129. The summed E-state index contributed by atoms with van der Waals surface area (Å²) in [5.41, 5.74) is 6.50. The topological polar surface area (TPSA) is 63.1 Å². The molecule has 0 unspecified atom stereocenters. The molecule has 1 aliphatic heterocycles. The molecule has 3 aromatic rings. The lowest BCUT2D eigenvalue weighted by atomic mass is 9.95. The van der Waals surface area contributed by atoms with Crippen molar-refractivity contribution in [2.45, 2.75) is 32.1 Å². The summed E-state index contributed by atoms with van der Waals surface area (Å²) in [4.78, 5) is 21.1. The van der Waals surface area contributed by atoms with Gasteiger partial charge in [-0.05, 0) is 80.1 Å². The second-order valence-electron chi connectivity index (χ2n) is 8.34. The molecule has 1 aromatic heterocycles. The molecule has 0 spiro atoms. The first-order valence-corrected chi connectivity index (χ1v) is 10.9. The van der Waals surface area contributed by atoms with Gasteiger partial charge in [-0.1, -0.05) is 0 Å². The van der Waals surface area contributed by atoms with Gasteiger partial charge in [0.1, 0.15) is 0 Å². The number of carbonyl (C=O) groups excluding carboxylic acids is 1. The number of nitrogens with one attached hydrogen (secondary N) is 1. The largest absolute Gasteiger partial charge is 0.370 e. The van der Waals surface area contributed by atoms with Crippen LogP contribution in [0.2, 0.25) is 0 Å². The molecule has 2 heterocycles. The molecule has 0 radical (unpaired) electrons. The van der Waals surface area contributed by atoms with E-state index in [0.29, 0.717) is 12.1 Å². The van der Waals surface area contributed by atoms with Crippen LogP contribution in [0.25, 0.3) is 10.9 Å². The van der Waals surface area contributed by atoms with Gasteiger partial charge in [-0.25, -0.2) is 0 Å². The normalized spacial score (nSPS) is 16.8. The summed E-state index contributed by atoms with van der Waals surface area (Å²) >= 11 is 0. The molecule has 5 rings (SSSR count). The predicted molar refractivity (Wildman–Crippen MR) is 119 cm³/mol. The number of rotatable bonds is 2. The van der Waals surface area contributed by atoms with Gasteiger partial charge in [0.2, 0.25) is 0 Å². The van der Waals surface area contributed by atoms with Crippen LogP contribution in [-0.4, -0.2) is 42.0 Å². The summed E-state index contributed by atoms with van der Waals surface area (Å²) in [5, 5.41) is 10.2. The summed E-state index contributed by atoms with van der Waals surface area (Å²) in [6.07, 6.45) is 5.64. The lowest BCUT2D eigenvalue weighted by molar-refractivity contribution is 0.0767. The SMILES string of the molecule is N#Cc1ccc(N2CCCN(C(=O)c3ccc4[nH]c5c(c4c3)CCCC5)CC2)cc1. The molecule has 5 nitrogen and oxygen atoms in total. The van der Waals surface area contributed by atoms with Crippen molar-refractivity contribution >= 4 is 22.5 Å². The molecule has 2 aliphatic rings. The van der Waals surface area contributed by atoms with E-state index in [0.717, 1.165) is 55.7 Å². The van der Waals surface area contributed by atoms with Gasteiger partial charge in [0, 0.05) is 54.0 Å². The maximum atomic E-state index is 13.3. The number of hydrogen-bond acceptors (Lipinski definition) is 3. The van der Waals surface area contributed by atoms with E-state index < -0.39 is 0 Å². The van der Waals surface area contributed by atoms with Crippen LogP contribution >= 0.6 is 0 Å².